The van der Waals surface area contributed by atoms with Gasteiger partial charge in [0.15, 0.2) is 0 Å². The van der Waals surface area contributed by atoms with E-state index in [-0.39, 0.29) is 23.6 Å². The summed E-state index contributed by atoms with van der Waals surface area (Å²) in [6, 6.07) is 7.30. The molecule has 0 saturated heterocycles. The first-order valence-corrected chi connectivity index (χ1v) is 8.77. The van der Waals surface area contributed by atoms with Crippen LogP contribution >= 0.6 is 0 Å². The van der Waals surface area contributed by atoms with Crippen LogP contribution in [0.1, 0.15) is 30.5 Å². The molecule has 1 aliphatic rings. The van der Waals surface area contributed by atoms with Gasteiger partial charge in [0.2, 0.25) is 11.8 Å². The second kappa shape index (κ2) is 6.99. The van der Waals surface area contributed by atoms with E-state index in [9.17, 15) is 19.5 Å². The van der Waals surface area contributed by atoms with Crippen molar-refractivity contribution in [2.75, 3.05) is 19.0 Å². The van der Waals surface area contributed by atoms with Crippen LogP contribution < -0.4 is 16.1 Å². The van der Waals surface area contributed by atoms with Gasteiger partial charge in [0.05, 0.1) is 11.8 Å². The maximum absolute atomic E-state index is 12.6. The summed E-state index contributed by atoms with van der Waals surface area (Å²) in [5.74, 6) is -0.739. The van der Waals surface area contributed by atoms with Crippen molar-refractivity contribution in [1.82, 2.24) is 14.1 Å². The molecule has 0 fully saturated rings. The molecule has 0 radical (unpaired) electrons. The standard InChI is InChI=1S/C19H23N5O4/c1-11(25)24-15(12-6-8-13(9-7-12)21(2)3)10-14(20-24)16-17(26)22(4)19(28)23(5)18(16)27/h6-9,15,26H,10H2,1-5H3/t15-/m0/s1. The smallest absolute Gasteiger partial charge is 0.333 e. The molecule has 2 heterocycles. The fourth-order valence-electron chi connectivity index (χ4n) is 3.29. The Labute approximate surface area is 161 Å². The van der Waals surface area contributed by atoms with Crippen LogP contribution in [0.5, 0.6) is 5.88 Å². The highest BCUT2D eigenvalue weighted by atomic mass is 16.3. The molecular formula is C19H23N5O4. The number of carbonyl (C=O) groups excluding carboxylic acids is 1. The van der Waals surface area contributed by atoms with E-state index in [2.05, 4.69) is 5.10 Å². The summed E-state index contributed by atoms with van der Waals surface area (Å²) in [5, 5.41) is 16.0. The molecule has 1 amide bonds. The lowest BCUT2D eigenvalue weighted by atomic mass is 9.99. The third-order valence-corrected chi connectivity index (χ3v) is 4.95. The molecule has 9 heteroatoms. The Morgan fingerprint density at radius 3 is 2.29 bits per heavy atom. The van der Waals surface area contributed by atoms with Gasteiger partial charge in [0.1, 0.15) is 5.56 Å². The molecule has 1 aliphatic heterocycles. The molecule has 0 bridgehead atoms. The van der Waals surface area contributed by atoms with Crippen molar-refractivity contribution in [3.05, 3.63) is 56.2 Å². The zero-order valence-electron chi connectivity index (χ0n) is 16.5. The number of amides is 1. The summed E-state index contributed by atoms with van der Waals surface area (Å²) >= 11 is 0. The van der Waals surface area contributed by atoms with E-state index in [0.29, 0.717) is 0 Å². The lowest BCUT2D eigenvalue weighted by molar-refractivity contribution is -0.130. The Hall–Kier alpha value is -3.36. The minimum atomic E-state index is -0.647. The Kier molecular flexibility index (Phi) is 4.84. The van der Waals surface area contributed by atoms with E-state index in [1.807, 2.05) is 43.3 Å². The summed E-state index contributed by atoms with van der Waals surface area (Å²) in [7, 11) is 6.58. The molecule has 2 aromatic rings. The van der Waals surface area contributed by atoms with Gasteiger partial charge >= 0.3 is 5.69 Å². The van der Waals surface area contributed by atoms with Gasteiger partial charge < -0.3 is 10.0 Å². The molecule has 0 spiro atoms. The first-order valence-electron chi connectivity index (χ1n) is 8.77. The van der Waals surface area contributed by atoms with E-state index in [0.717, 1.165) is 20.4 Å². The Morgan fingerprint density at radius 1 is 1.14 bits per heavy atom. The van der Waals surface area contributed by atoms with Crippen LogP contribution in [0.25, 0.3) is 0 Å². The van der Waals surface area contributed by atoms with Crippen LogP contribution in [0.3, 0.4) is 0 Å². The number of hydrogen-bond donors (Lipinski definition) is 1. The quantitative estimate of drug-likeness (QED) is 0.832. The van der Waals surface area contributed by atoms with E-state index in [1.54, 1.807) is 0 Å². The molecule has 0 saturated carbocycles. The number of nitrogens with zero attached hydrogens (tertiary/aromatic N) is 5. The molecular weight excluding hydrogens is 362 g/mol. The zero-order chi connectivity index (χ0) is 20.7. The number of aromatic hydroxyl groups is 1. The summed E-state index contributed by atoms with van der Waals surface area (Å²) in [5.41, 5.74) is 0.798. The van der Waals surface area contributed by atoms with Crippen molar-refractivity contribution in [2.45, 2.75) is 19.4 Å². The maximum atomic E-state index is 12.6. The van der Waals surface area contributed by atoms with Crippen LogP contribution in [0.2, 0.25) is 0 Å². The van der Waals surface area contributed by atoms with Gasteiger partial charge in [0, 0.05) is 47.2 Å². The number of benzene rings is 1. The normalized spacial score (nSPS) is 16.2. The Bertz CT molecular complexity index is 1080. The van der Waals surface area contributed by atoms with E-state index >= 15 is 0 Å². The van der Waals surface area contributed by atoms with Crippen molar-refractivity contribution >= 4 is 17.3 Å². The molecule has 1 aromatic carbocycles. The Morgan fingerprint density at radius 2 is 1.75 bits per heavy atom. The lowest BCUT2D eigenvalue weighted by Crippen LogP contribution is -2.39. The monoisotopic (exact) mass is 385 g/mol. The summed E-state index contributed by atoms with van der Waals surface area (Å²) in [4.78, 5) is 38.7. The van der Waals surface area contributed by atoms with Gasteiger partial charge in [-0.1, -0.05) is 12.1 Å². The molecule has 3 rings (SSSR count). The fourth-order valence-corrected chi connectivity index (χ4v) is 3.29. The number of rotatable bonds is 3. The highest BCUT2D eigenvalue weighted by Crippen LogP contribution is 2.34. The van der Waals surface area contributed by atoms with Crippen molar-refractivity contribution in [3.8, 4) is 5.88 Å². The van der Waals surface area contributed by atoms with Gasteiger partial charge in [0.25, 0.3) is 5.56 Å². The largest absolute Gasteiger partial charge is 0.494 e. The molecule has 1 aromatic heterocycles. The Balaban J connectivity index is 2.07. The van der Waals surface area contributed by atoms with Crippen LogP contribution in [0.4, 0.5) is 5.69 Å². The van der Waals surface area contributed by atoms with Crippen LogP contribution in [0, 0.1) is 0 Å². The van der Waals surface area contributed by atoms with Crippen LogP contribution in [0.15, 0.2) is 39.0 Å². The third kappa shape index (κ3) is 3.08. The minimum Gasteiger partial charge on any atom is -0.494 e. The van der Waals surface area contributed by atoms with E-state index in [4.69, 9.17) is 0 Å². The van der Waals surface area contributed by atoms with Crippen molar-refractivity contribution in [3.63, 3.8) is 0 Å². The van der Waals surface area contributed by atoms with Gasteiger partial charge in [-0.25, -0.2) is 9.80 Å². The van der Waals surface area contributed by atoms with Crippen molar-refractivity contribution < 1.29 is 9.90 Å². The number of anilines is 1. The molecule has 0 unspecified atom stereocenters. The number of hydrazone groups is 1. The number of hydrogen-bond acceptors (Lipinski definition) is 6. The second-order valence-corrected chi connectivity index (χ2v) is 7.02. The summed E-state index contributed by atoms with van der Waals surface area (Å²) in [6.07, 6.45) is 0.252. The predicted octanol–water partition coefficient (Wildman–Crippen LogP) is 0.553. The average Bonchev–Trinajstić information content (AvgIpc) is 3.10. The van der Waals surface area contributed by atoms with Gasteiger partial charge in [-0.15, -0.1) is 0 Å². The third-order valence-electron chi connectivity index (χ3n) is 4.95. The molecule has 9 nitrogen and oxygen atoms in total. The highest BCUT2D eigenvalue weighted by molar-refractivity contribution is 6.04. The molecule has 1 atom stereocenters. The number of carbonyl (C=O) groups is 1. The first-order chi connectivity index (χ1) is 13.1. The summed E-state index contributed by atoms with van der Waals surface area (Å²) in [6.45, 7) is 1.40. The highest BCUT2D eigenvalue weighted by Gasteiger charge is 2.34. The van der Waals surface area contributed by atoms with Gasteiger partial charge in [-0.05, 0) is 17.7 Å². The van der Waals surface area contributed by atoms with E-state index in [1.165, 1.54) is 26.0 Å². The lowest BCUT2D eigenvalue weighted by Gasteiger charge is -2.21. The maximum Gasteiger partial charge on any atom is 0.333 e. The molecule has 28 heavy (non-hydrogen) atoms. The van der Waals surface area contributed by atoms with Crippen molar-refractivity contribution in [1.29, 1.82) is 0 Å². The van der Waals surface area contributed by atoms with Gasteiger partial charge in [-0.3, -0.25) is 18.7 Å². The summed E-state index contributed by atoms with van der Waals surface area (Å²) < 4.78 is 1.89. The first kappa shape index (κ1) is 19.4. The minimum absolute atomic E-state index is 0.0664. The van der Waals surface area contributed by atoms with E-state index < -0.39 is 23.2 Å². The molecule has 148 valence electrons. The van der Waals surface area contributed by atoms with Crippen LogP contribution in [-0.2, 0) is 18.9 Å². The predicted molar refractivity (Wildman–Crippen MR) is 106 cm³/mol. The van der Waals surface area contributed by atoms with Gasteiger partial charge in [-0.2, -0.15) is 5.10 Å². The SMILES string of the molecule is CC(=O)N1N=C(c2c(O)n(C)c(=O)n(C)c2=O)C[C@H]1c1ccc(N(C)C)cc1. The molecule has 1 N–H and O–H groups in total. The fraction of sp³-hybridized carbons (Fsp3) is 0.368. The second-order valence-electron chi connectivity index (χ2n) is 7.02. The average molecular weight is 385 g/mol. The van der Waals surface area contributed by atoms with Crippen molar-refractivity contribution in [2.24, 2.45) is 19.2 Å². The zero-order valence-corrected chi connectivity index (χ0v) is 16.5. The molecule has 0 aliphatic carbocycles. The topological polar surface area (TPSA) is 100 Å². The van der Waals surface area contributed by atoms with Crippen LogP contribution in [-0.4, -0.2) is 45.0 Å². The number of aromatic nitrogens is 2.